The van der Waals surface area contributed by atoms with Crippen molar-refractivity contribution in [1.82, 2.24) is 15.5 Å². The van der Waals surface area contributed by atoms with Crippen molar-refractivity contribution in [1.29, 1.82) is 0 Å². The molecule has 0 amide bonds. The highest BCUT2D eigenvalue weighted by Crippen LogP contribution is 2.29. The highest BCUT2D eigenvalue weighted by Gasteiger charge is 2.20. The third-order valence-corrected chi connectivity index (χ3v) is 4.33. The number of nitrogens with one attached hydrogen (secondary N) is 2. The lowest BCUT2D eigenvalue weighted by molar-refractivity contribution is 0.471. The molecular weight excluding hydrogens is 246 g/mol. The lowest BCUT2D eigenvalue weighted by Crippen LogP contribution is -2.21. The van der Waals surface area contributed by atoms with Gasteiger partial charge in [-0.1, -0.05) is 43.7 Å². The molecule has 0 radical (unpaired) electrons. The quantitative estimate of drug-likeness (QED) is 0.870. The van der Waals surface area contributed by atoms with Crippen LogP contribution in [-0.4, -0.2) is 16.7 Å². The fourth-order valence-corrected chi connectivity index (χ4v) is 3.22. The van der Waals surface area contributed by atoms with Crippen molar-refractivity contribution in [3.63, 3.8) is 0 Å². The van der Waals surface area contributed by atoms with E-state index in [-0.39, 0.29) is 0 Å². The summed E-state index contributed by atoms with van der Waals surface area (Å²) >= 11 is 0. The van der Waals surface area contributed by atoms with E-state index in [1.54, 1.807) is 0 Å². The molecule has 1 saturated carbocycles. The van der Waals surface area contributed by atoms with Gasteiger partial charge >= 0.3 is 0 Å². The summed E-state index contributed by atoms with van der Waals surface area (Å²) in [4.78, 5) is 0. The normalized spacial score (nSPS) is 22.2. The van der Waals surface area contributed by atoms with Crippen molar-refractivity contribution < 1.29 is 0 Å². The zero-order valence-corrected chi connectivity index (χ0v) is 12.1. The summed E-state index contributed by atoms with van der Waals surface area (Å²) in [6.45, 7) is 4.39. The molecule has 1 aliphatic rings. The molecule has 0 saturated heterocycles. The largest absolute Gasteiger partial charge is 0.312 e. The molecule has 2 N–H and O–H groups in total. The van der Waals surface area contributed by atoms with Crippen LogP contribution in [0.2, 0.25) is 0 Å². The van der Waals surface area contributed by atoms with Crippen LogP contribution in [0.3, 0.4) is 0 Å². The minimum absolute atomic E-state index is 0.858. The number of aromatic amines is 1. The first-order valence-electron chi connectivity index (χ1n) is 7.61. The second-order valence-electron chi connectivity index (χ2n) is 6.05. The lowest BCUT2D eigenvalue weighted by Gasteiger charge is -2.11. The number of hydrogen-bond acceptors (Lipinski definition) is 2. The van der Waals surface area contributed by atoms with Gasteiger partial charge in [0, 0.05) is 12.1 Å². The fourth-order valence-electron chi connectivity index (χ4n) is 3.22. The molecule has 3 heteroatoms. The molecule has 1 fully saturated rings. The fraction of sp³-hybridized carbons (Fsp3) is 0.471. The highest BCUT2D eigenvalue weighted by molar-refractivity contribution is 5.62. The van der Waals surface area contributed by atoms with Crippen molar-refractivity contribution in [2.24, 2.45) is 11.8 Å². The van der Waals surface area contributed by atoms with Gasteiger partial charge in [-0.3, -0.25) is 5.10 Å². The second-order valence-corrected chi connectivity index (χ2v) is 6.05. The maximum Gasteiger partial charge on any atom is 0.0695 e. The Morgan fingerprint density at radius 1 is 1.25 bits per heavy atom. The first-order chi connectivity index (χ1) is 9.83. The second kappa shape index (κ2) is 6.23. The van der Waals surface area contributed by atoms with Crippen LogP contribution >= 0.6 is 0 Å². The molecule has 3 nitrogen and oxygen atoms in total. The standard InChI is InChI=1S/C17H23N3/c1-13-7-8-14(9-13)10-18-11-16-12-19-20-17(16)15-5-3-2-4-6-15/h2-6,12-14,18H,7-11H2,1H3,(H,19,20). The van der Waals surface area contributed by atoms with Crippen LogP contribution in [0.4, 0.5) is 0 Å². The van der Waals surface area contributed by atoms with Gasteiger partial charge < -0.3 is 5.32 Å². The first-order valence-corrected chi connectivity index (χ1v) is 7.61. The average Bonchev–Trinajstić information content (AvgIpc) is 3.09. The molecule has 20 heavy (non-hydrogen) atoms. The molecule has 2 atom stereocenters. The SMILES string of the molecule is CC1CCC(CNCc2cn[nH]c2-c2ccccc2)C1. The average molecular weight is 269 g/mol. The Kier molecular flexibility index (Phi) is 4.16. The van der Waals surface area contributed by atoms with Crippen LogP contribution in [0.25, 0.3) is 11.3 Å². The van der Waals surface area contributed by atoms with E-state index in [0.717, 1.165) is 30.6 Å². The molecule has 0 bridgehead atoms. The predicted molar refractivity (Wildman–Crippen MR) is 82.2 cm³/mol. The molecule has 0 spiro atoms. The summed E-state index contributed by atoms with van der Waals surface area (Å²) in [6.07, 6.45) is 6.09. The Morgan fingerprint density at radius 3 is 2.85 bits per heavy atom. The molecule has 106 valence electrons. The number of hydrogen-bond donors (Lipinski definition) is 2. The van der Waals surface area contributed by atoms with Crippen LogP contribution in [0.15, 0.2) is 36.5 Å². The topological polar surface area (TPSA) is 40.7 Å². The maximum absolute atomic E-state index is 4.20. The Bertz CT molecular complexity index is 532. The number of benzene rings is 1. The van der Waals surface area contributed by atoms with Crippen molar-refractivity contribution >= 4 is 0 Å². The summed E-state index contributed by atoms with van der Waals surface area (Å²) in [5.41, 5.74) is 3.59. The smallest absolute Gasteiger partial charge is 0.0695 e. The molecule has 1 aromatic heterocycles. The van der Waals surface area contributed by atoms with Gasteiger partial charge in [0.25, 0.3) is 0 Å². The van der Waals surface area contributed by atoms with Crippen LogP contribution in [0, 0.1) is 11.8 Å². The van der Waals surface area contributed by atoms with E-state index >= 15 is 0 Å². The predicted octanol–water partition coefficient (Wildman–Crippen LogP) is 3.60. The molecule has 1 aliphatic carbocycles. The zero-order valence-electron chi connectivity index (χ0n) is 12.1. The maximum atomic E-state index is 4.20. The Labute approximate surface area is 120 Å². The summed E-state index contributed by atoms with van der Waals surface area (Å²) < 4.78 is 0. The zero-order chi connectivity index (χ0) is 13.8. The van der Waals surface area contributed by atoms with Crippen molar-refractivity contribution in [3.8, 4) is 11.3 Å². The molecule has 3 rings (SSSR count). The van der Waals surface area contributed by atoms with Gasteiger partial charge in [0.15, 0.2) is 0 Å². The number of aromatic nitrogens is 2. The minimum atomic E-state index is 0.858. The Hall–Kier alpha value is -1.61. The van der Waals surface area contributed by atoms with E-state index < -0.39 is 0 Å². The summed E-state index contributed by atoms with van der Waals surface area (Å²) in [5, 5.41) is 10.9. The van der Waals surface area contributed by atoms with Gasteiger partial charge in [0.05, 0.1) is 11.9 Å². The van der Waals surface area contributed by atoms with E-state index in [1.807, 2.05) is 12.3 Å². The van der Waals surface area contributed by atoms with Gasteiger partial charge in [-0.05, 0) is 36.8 Å². The van der Waals surface area contributed by atoms with Gasteiger partial charge in [-0.2, -0.15) is 5.10 Å². The van der Waals surface area contributed by atoms with Gasteiger partial charge in [-0.15, -0.1) is 0 Å². The summed E-state index contributed by atoms with van der Waals surface area (Å²) in [6, 6.07) is 10.4. The van der Waals surface area contributed by atoms with Gasteiger partial charge in [-0.25, -0.2) is 0 Å². The molecule has 2 aromatic rings. The van der Waals surface area contributed by atoms with Gasteiger partial charge in [0.1, 0.15) is 0 Å². The van der Waals surface area contributed by atoms with E-state index in [9.17, 15) is 0 Å². The van der Waals surface area contributed by atoms with Crippen LogP contribution in [0.1, 0.15) is 31.7 Å². The Morgan fingerprint density at radius 2 is 2.10 bits per heavy atom. The van der Waals surface area contributed by atoms with Crippen LogP contribution in [-0.2, 0) is 6.54 Å². The highest BCUT2D eigenvalue weighted by atomic mass is 15.1. The summed E-state index contributed by atoms with van der Waals surface area (Å²) in [7, 11) is 0. The van der Waals surface area contributed by atoms with E-state index in [2.05, 4.69) is 46.7 Å². The van der Waals surface area contributed by atoms with Crippen molar-refractivity contribution in [3.05, 3.63) is 42.1 Å². The van der Waals surface area contributed by atoms with Crippen LogP contribution in [0.5, 0.6) is 0 Å². The number of nitrogens with zero attached hydrogens (tertiary/aromatic N) is 1. The minimum Gasteiger partial charge on any atom is -0.312 e. The number of rotatable bonds is 5. The third-order valence-electron chi connectivity index (χ3n) is 4.33. The van der Waals surface area contributed by atoms with Crippen molar-refractivity contribution in [2.75, 3.05) is 6.54 Å². The monoisotopic (exact) mass is 269 g/mol. The van der Waals surface area contributed by atoms with Crippen molar-refractivity contribution in [2.45, 2.75) is 32.7 Å². The molecule has 1 aromatic carbocycles. The molecule has 2 unspecified atom stereocenters. The van der Waals surface area contributed by atoms with Gasteiger partial charge in [0.2, 0.25) is 0 Å². The van der Waals surface area contributed by atoms with E-state index in [0.29, 0.717) is 0 Å². The molecule has 0 aliphatic heterocycles. The molecule has 1 heterocycles. The Balaban J connectivity index is 1.57. The van der Waals surface area contributed by atoms with E-state index in [4.69, 9.17) is 0 Å². The third kappa shape index (κ3) is 3.10. The number of H-pyrrole nitrogens is 1. The van der Waals surface area contributed by atoms with Crippen LogP contribution < -0.4 is 5.32 Å². The van der Waals surface area contributed by atoms with E-state index in [1.165, 1.54) is 30.4 Å². The first kappa shape index (κ1) is 13.4. The lowest BCUT2D eigenvalue weighted by atomic mass is 10.1. The molecular formula is C17H23N3. The summed E-state index contributed by atoms with van der Waals surface area (Å²) in [5.74, 6) is 1.77.